The van der Waals surface area contributed by atoms with Crippen LogP contribution in [0.25, 0.3) is 11.3 Å². The number of halogens is 1. The molecule has 0 unspecified atom stereocenters. The fourth-order valence-corrected chi connectivity index (χ4v) is 3.31. The summed E-state index contributed by atoms with van der Waals surface area (Å²) in [4.78, 5) is 11.9. The van der Waals surface area contributed by atoms with Crippen LogP contribution in [0, 0.1) is 12.7 Å². The van der Waals surface area contributed by atoms with E-state index < -0.39 is 5.91 Å². The Morgan fingerprint density at radius 3 is 2.39 bits per heavy atom. The summed E-state index contributed by atoms with van der Waals surface area (Å²) in [7, 11) is 3.19. The normalized spacial score (nSPS) is 10.7. The number of aryl methyl sites for hydroxylation is 1. The van der Waals surface area contributed by atoms with Crippen LogP contribution in [0.4, 0.5) is 4.39 Å². The predicted molar refractivity (Wildman–Crippen MR) is 106 cm³/mol. The lowest BCUT2D eigenvalue weighted by Crippen LogP contribution is -2.13. The van der Waals surface area contributed by atoms with Gasteiger partial charge in [-0.15, -0.1) is 0 Å². The summed E-state index contributed by atoms with van der Waals surface area (Å²) in [5, 5.41) is 0. The zero-order chi connectivity index (χ0) is 20.3. The second-order valence-electron chi connectivity index (χ2n) is 6.49. The minimum atomic E-state index is -0.485. The van der Waals surface area contributed by atoms with Crippen LogP contribution in [0.2, 0.25) is 0 Å². The van der Waals surface area contributed by atoms with Gasteiger partial charge in [-0.2, -0.15) is 0 Å². The molecule has 6 heteroatoms. The van der Waals surface area contributed by atoms with Crippen molar-refractivity contribution in [3.63, 3.8) is 0 Å². The molecule has 0 bridgehead atoms. The Bertz CT molecular complexity index is 994. The lowest BCUT2D eigenvalue weighted by atomic mass is 10.1. The standard InChI is InChI=1S/C22H23FN2O3/c1-14-18(22(24)26)13-20(19-12-17(27-2)8-9-21(19)28-3)25(14)11-10-15-4-6-16(23)7-5-15/h4-9,12-13H,10-11H2,1-3H3,(H2,24,26). The number of rotatable bonds is 7. The Morgan fingerprint density at radius 2 is 1.79 bits per heavy atom. The van der Waals surface area contributed by atoms with E-state index in [1.165, 1.54) is 12.1 Å². The highest BCUT2D eigenvalue weighted by Gasteiger charge is 2.19. The molecule has 5 nitrogen and oxygen atoms in total. The summed E-state index contributed by atoms with van der Waals surface area (Å²) in [6.07, 6.45) is 0.674. The average Bonchev–Trinajstić information content (AvgIpc) is 3.03. The van der Waals surface area contributed by atoms with Crippen molar-refractivity contribution in [1.82, 2.24) is 4.57 Å². The van der Waals surface area contributed by atoms with Crippen LogP contribution in [-0.4, -0.2) is 24.7 Å². The molecule has 0 saturated carbocycles. The van der Waals surface area contributed by atoms with Crippen molar-refractivity contribution in [2.24, 2.45) is 5.73 Å². The van der Waals surface area contributed by atoms with Gasteiger partial charge in [0.25, 0.3) is 5.91 Å². The maximum absolute atomic E-state index is 13.2. The molecule has 3 aromatic rings. The fraction of sp³-hybridized carbons (Fsp3) is 0.227. The van der Waals surface area contributed by atoms with E-state index in [-0.39, 0.29) is 5.82 Å². The van der Waals surface area contributed by atoms with E-state index in [0.717, 1.165) is 22.5 Å². The second-order valence-corrected chi connectivity index (χ2v) is 6.49. The number of primary amides is 1. The third kappa shape index (κ3) is 3.86. The van der Waals surface area contributed by atoms with Gasteiger partial charge in [0, 0.05) is 17.8 Å². The average molecular weight is 382 g/mol. The van der Waals surface area contributed by atoms with Gasteiger partial charge in [0.1, 0.15) is 17.3 Å². The van der Waals surface area contributed by atoms with Crippen molar-refractivity contribution in [2.75, 3.05) is 14.2 Å². The minimum Gasteiger partial charge on any atom is -0.497 e. The van der Waals surface area contributed by atoms with E-state index in [9.17, 15) is 9.18 Å². The molecule has 2 N–H and O–H groups in total. The first-order valence-corrected chi connectivity index (χ1v) is 8.91. The number of aromatic nitrogens is 1. The molecule has 146 valence electrons. The fourth-order valence-electron chi connectivity index (χ4n) is 3.31. The van der Waals surface area contributed by atoms with Gasteiger partial charge in [-0.1, -0.05) is 12.1 Å². The molecule has 2 aromatic carbocycles. The maximum Gasteiger partial charge on any atom is 0.250 e. The van der Waals surface area contributed by atoms with Gasteiger partial charge >= 0.3 is 0 Å². The number of methoxy groups -OCH3 is 2. The van der Waals surface area contributed by atoms with Crippen molar-refractivity contribution in [1.29, 1.82) is 0 Å². The quantitative estimate of drug-likeness (QED) is 0.673. The van der Waals surface area contributed by atoms with E-state index in [1.54, 1.807) is 32.4 Å². The van der Waals surface area contributed by atoms with Gasteiger partial charge in [0.2, 0.25) is 0 Å². The molecule has 1 amide bonds. The molecule has 1 aromatic heterocycles. The monoisotopic (exact) mass is 382 g/mol. The lowest BCUT2D eigenvalue weighted by molar-refractivity contribution is 0.0999. The third-order valence-electron chi connectivity index (χ3n) is 4.85. The molecule has 0 spiro atoms. The lowest BCUT2D eigenvalue weighted by Gasteiger charge is -2.15. The summed E-state index contributed by atoms with van der Waals surface area (Å²) in [6, 6.07) is 13.7. The zero-order valence-corrected chi connectivity index (χ0v) is 16.2. The Kier molecular flexibility index (Phi) is 5.68. The van der Waals surface area contributed by atoms with E-state index >= 15 is 0 Å². The molecular formula is C22H23FN2O3. The number of nitrogens with zero attached hydrogens (tertiary/aromatic N) is 1. The van der Waals surface area contributed by atoms with Gasteiger partial charge in [-0.3, -0.25) is 4.79 Å². The first-order valence-electron chi connectivity index (χ1n) is 8.91. The second kappa shape index (κ2) is 8.17. The topological polar surface area (TPSA) is 66.5 Å². The molecule has 0 saturated heterocycles. The Balaban J connectivity index is 2.07. The number of carbonyl (C=O) groups is 1. The summed E-state index contributed by atoms with van der Waals surface area (Å²) in [6.45, 7) is 2.46. The van der Waals surface area contributed by atoms with Crippen molar-refractivity contribution in [3.05, 3.63) is 71.2 Å². The predicted octanol–water partition coefficient (Wildman–Crippen LogP) is 3.96. The number of hydrogen-bond acceptors (Lipinski definition) is 3. The molecule has 0 aliphatic carbocycles. The van der Waals surface area contributed by atoms with Gasteiger partial charge in [-0.05, 0) is 55.3 Å². The molecule has 0 aliphatic rings. The maximum atomic E-state index is 13.2. The molecule has 0 atom stereocenters. The Hall–Kier alpha value is -3.28. The van der Waals surface area contributed by atoms with E-state index in [2.05, 4.69) is 0 Å². The number of ether oxygens (including phenoxy) is 2. The first kappa shape index (κ1) is 19.5. The Morgan fingerprint density at radius 1 is 1.07 bits per heavy atom. The molecule has 3 rings (SSSR count). The summed E-state index contributed by atoms with van der Waals surface area (Å²) in [5.41, 5.74) is 9.42. The van der Waals surface area contributed by atoms with Crippen LogP contribution < -0.4 is 15.2 Å². The van der Waals surface area contributed by atoms with Crippen molar-refractivity contribution >= 4 is 5.91 Å². The number of benzene rings is 2. The van der Waals surface area contributed by atoms with E-state index in [4.69, 9.17) is 15.2 Å². The largest absolute Gasteiger partial charge is 0.497 e. The molecule has 28 heavy (non-hydrogen) atoms. The number of hydrogen-bond donors (Lipinski definition) is 1. The SMILES string of the molecule is COc1ccc(OC)c(-c2cc(C(N)=O)c(C)n2CCc2ccc(F)cc2)c1. The molecule has 0 aliphatic heterocycles. The van der Waals surface area contributed by atoms with Crippen LogP contribution in [0.15, 0.2) is 48.5 Å². The highest BCUT2D eigenvalue weighted by Crippen LogP contribution is 2.36. The van der Waals surface area contributed by atoms with Crippen LogP contribution in [0.1, 0.15) is 21.6 Å². The minimum absolute atomic E-state index is 0.265. The van der Waals surface area contributed by atoms with Crippen LogP contribution in [0.5, 0.6) is 11.5 Å². The highest BCUT2D eigenvalue weighted by molar-refractivity contribution is 5.96. The van der Waals surface area contributed by atoms with Gasteiger partial charge in [0.05, 0.1) is 25.5 Å². The Labute approximate surface area is 163 Å². The summed E-state index contributed by atoms with van der Waals surface area (Å²) < 4.78 is 26.1. The molecule has 0 radical (unpaired) electrons. The summed E-state index contributed by atoms with van der Waals surface area (Å²) >= 11 is 0. The van der Waals surface area contributed by atoms with Crippen LogP contribution >= 0.6 is 0 Å². The first-order chi connectivity index (χ1) is 13.4. The van der Waals surface area contributed by atoms with E-state index in [0.29, 0.717) is 30.0 Å². The third-order valence-corrected chi connectivity index (χ3v) is 4.85. The summed E-state index contributed by atoms with van der Waals surface area (Å²) in [5.74, 6) is 0.595. The highest BCUT2D eigenvalue weighted by atomic mass is 19.1. The molecule has 0 fully saturated rings. The number of nitrogens with two attached hydrogens (primary N) is 1. The van der Waals surface area contributed by atoms with Gasteiger partial charge < -0.3 is 19.8 Å². The van der Waals surface area contributed by atoms with Crippen molar-refractivity contribution in [3.8, 4) is 22.8 Å². The number of carbonyl (C=O) groups excluding carboxylic acids is 1. The van der Waals surface area contributed by atoms with Crippen molar-refractivity contribution < 1.29 is 18.7 Å². The van der Waals surface area contributed by atoms with Crippen LogP contribution in [0.3, 0.4) is 0 Å². The zero-order valence-electron chi connectivity index (χ0n) is 16.2. The van der Waals surface area contributed by atoms with Crippen molar-refractivity contribution in [2.45, 2.75) is 19.9 Å². The number of amides is 1. The smallest absolute Gasteiger partial charge is 0.250 e. The van der Waals surface area contributed by atoms with Gasteiger partial charge in [0.15, 0.2) is 0 Å². The molecule has 1 heterocycles. The van der Waals surface area contributed by atoms with E-state index in [1.807, 2.05) is 29.7 Å². The van der Waals surface area contributed by atoms with Gasteiger partial charge in [-0.25, -0.2) is 4.39 Å². The molecular weight excluding hydrogens is 359 g/mol. The van der Waals surface area contributed by atoms with Crippen LogP contribution in [-0.2, 0) is 13.0 Å².